The molecule has 0 atom stereocenters. The summed E-state index contributed by atoms with van der Waals surface area (Å²) in [6, 6.07) is 23.3. The van der Waals surface area contributed by atoms with E-state index in [-0.39, 0.29) is 5.41 Å². The van der Waals surface area contributed by atoms with Crippen molar-refractivity contribution in [1.82, 2.24) is 4.98 Å². The van der Waals surface area contributed by atoms with Crippen molar-refractivity contribution in [2.45, 2.75) is 26.2 Å². The standard InChI is InChI=1S/C27H23NOS/c1-27(2,3)22-17-19(16-18-8-4-5-9-20(18)22)26-25-21-12-15-30-14-7-6-10-23(21)29-24(25)11-13-28-26/h4-17H,1-3H3. The van der Waals surface area contributed by atoms with Gasteiger partial charge in [0.05, 0.1) is 11.1 Å². The van der Waals surface area contributed by atoms with E-state index in [1.165, 1.54) is 16.3 Å². The van der Waals surface area contributed by atoms with E-state index in [1.807, 2.05) is 30.5 Å². The van der Waals surface area contributed by atoms with Crippen molar-refractivity contribution < 1.29 is 4.42 Å². The Morgan fingerprint density at radius 2 is 1.63 bits per heavy atom. The van der Waals surface area contributed by atoms with Gasteiger partial charge in [0.2, 0.25) is 0 Å². The van der Waals surface area contributed by atoms with Crippen LogP contribution in [0.15, 0.2) is 88.1 Å². The van der Waals surface area contributed by atoms with Crippen LogP contribution in [0, 0.1) is 0 Å². The third kappa shape index (κ3) is 3.25. The highest BCUT2D eigenvalue weighted by atomic mass is 32.1. The van der Waals surface area contributed by atoms with Gasteiger partial charge < -0.3 is 4.42 Å². The maximum absolute atomic E-state index is 6.21. The second kappa shape index (κ2) is 7.26. The number of fused-ring (bicyclic) bond motifs is 4. The van der Waals surface area contributed by atoms with Crippen LogP contribution in [-0.2, 0) is 5.41 Å². The number of hydrogen-bond donors (Lipinski definition) is 0. The van der Waals surface area contributed by atoms with Crippen LogP contribution >= 0.6 is 11.3 Å². The topological polar surface area (TPSA) is 26.0 Å². The van der Waals surface area contributed by atoms with Gasteiger partial charge in [-0.15, -0.1) is 0 Å². The summed E-state index contributed by atoms with van der Waals surface area (Å²) in [6.45, 7) is 6.80. The number of hydrogen-bond acceptors (Lipinski definition) is 3. The summed E-state index contributed by atoms with van der Waals surface area (Å²) in [4.78, 5) is 4.82. The zero-order valence-corrected chi connectivity index (χ0v) is 18.2. The Hall–Kier alpha value is -3.17. The molecule has 0 aliphatic rings. The SMILES string of the molecule is CC(C)(C)c1cc(-c2nccc3oc4ccccsccc4c23)cc2ccccc12. The van der Waals surface area contributed by atoms with Crippen LogP contribution in [0.4, 0.5) is 0 Å². The van der Waals surface area contributed by atoms with Crippen molar-refractivity contribution in [3.05, 3.63) is 89.3 Å². The summed E-state index contributed by atoms with van der Waals surface area (Å²) in [5.74, 6) is 0. The van der Waals surface area contributed by atoms with E-state index in [2.05, 4.69) is 74.0 Å². The van der Waals surface area contributed by atoms with Gasteiger partial charge in [0.15, 0.2) is 0 Å². The molecule has 3 heterocycles. The summed E-state index contributed by atoms with van der Waals surface area (Å²) in [5.41, 5.74) is 5.16. The van der Waals surface area contributed by atoms with Gasteiger partial charge in [-0.05, 0) is 62.8 Å². The molecule has 0 unspecified atom stereocenters. The highest BCUT2D eigenvalue weighted by molar-refractivity contribution is 7.07. The first kappa shape index (κ1) is 18.8. The van der Waals surface area contributed by atoms with Crippen molar-refractivity contribution in [2.24, 2.45) is 0 Å². The molecule has 0 saturated heterocycles. The van der Waals surface area contributed by atoms with Crippen LogP contribution in [0.2, 0.25) is 0 Å². The molecule has 2 nitrogen and oxygen atoms in total. The minimum atomic E-state index is 0.0254. The molecule has 2 aromatic carbocycles. The minimum Gasteiger partial charge on any atom is -0.456 e. The lowest BCUT2D eigenvalue weighted by molar-refractivity contribution is 0.596. The first-order chi connectivity index (χ1) is 14.5. The number of rotatable bonds is 1. The van der Waals surface area contributed by atoms with E-state index in [1.54, 1.807) is 11.3 Å². The Bertz CT molecular complexity index is 1430. The Morgan fingerprint density at radius 1 is 0.800 bits per heavy atom. The van der Waals surface area contributed by atoms with E-state index >= 15 is 0 Å². The van der Waals surface area contributed by atoms with Crippen molar-refractivity contribution in [3.63, 3.8) is 0 Å². The summed E-state index contributed by atoms with van der Waals surface area (Å²) in [7, 11) is 0. The quantitative estimate of drug-likeness (QED) is 0.278. The lowest BCUT2D eigenvalue weighted by atomic mass is 9.82. The fraction of sp³-hybridized carbons (Fsp3) is 0.148. The Morgan fingerprint density at radius 3 is 2.50 bits per heavy atom. The van der Waals surface area contributed by atoms with Crippen molar-refractivity contribution in [1.29, 1.82) is 0 Å². The average Bonchev–Trinajstić information content (AvgIpc) is 3.13. The van der Waals surface area contributed by atoms with E-state index in [0.29, 0.717) is 0 Å². The third-order valence-corrected chi connectivity index (χ3v) is 6.05. The largest absolute Gasteiger partial charge is 0.456 e. The molecule has 0 bridgehead atoms. The van der Waals surface area contributed by atoms with Crippen LogP contribution < -0.4 is 0 Å². The zero-order chi connectivity index (χ0) is 20.7. The molecule has 0 aliphatic heterocycles. The molecule has 0 spiro atoms. The number of pyridine rings is 1. The van der Waals surface area contributed by atoms with Gasteiger partial charge >= 0.3 is 0 Å². The van der Waals surface area contributed by atoms with Gasteiger partial charge in [0.25, 0.3) is 0 Å². The maximum atomic E-state index is 6.21. The van der Waals surface area contributed by atoms with E-state index in [0.717, 1.165) is 33.2 Å². The third-order valence-electron chi connectivity index (χ3n) is 5.44. The lowest BCUT2D eigenvalue weighted by Gasteiger charge is -2.22. The van der Waals surface area contributed by atoms with Crippen LogP contribution in [0.3, 0.4) is 0 Å². The van der Waals surface area contributed by atoms with E-state index < -0.39 is 0 Å². The minimum absolute atomic E-state index is 0.0254. The zero-order valence-electron chi connectivity index (χ0n) is 17.3. The predicted molar refractivity (Wildman–Crippen MR) is 129 cm³/mol. The summed E-state index contributed by atoms with van der Waals surface area (Å²) < 4.78 is 6.21. The average molecular weight is 410 g/mol. The number of nitrogens with zero attached hydrogens (tertiary/aromatic N) is 1. The predicted octanol–water partition coefficient (Wildman–Crippen LogP) is 8.28. The molecule has 5 aromatic rings. The Kier molecular flexibility index (Phi) is 4.56. The number of furan rings is 1. The van der Waals surface area contributed by atoms with Gasteiger partial charge in [-0.2, -0.15) is 11.3 Å². The molecule has 3 heteroatoms. The lowest BCUT2D eigenvalue weighted by Crippen LogP contribution is -2.12. The van der Waals surface area contributed by atoms with Gasteiger partial charge in [0.1, 0.15) is 11.2 Å². The van der Waals surface area contributed by atoms with Crippen LogP contribution in [0.1, 0.15) is 26.3 Å². The van der Waals surface area contributed by atoms with Gasteiger partial charge in [-0.25, -0.2) is 0 Å². The first-order valence-corrected chi connectivity index (χ1v) is 11.1. The first-order valence-electron chi connectivity index (χ1n) is 10.1. The molecular weight excluding hydrogens is 386 g/mol. The second-order valence-electron chi connectivity index (χ2n) is 8.53. The normalized spacial score (nSPS) is 11.8. The summed E-state index contributed by atoms with van der Waals surface area (Å²) in [6.07, 6.45) is 1.84. The molecule has 0 radical (unpaired) electrons. The monoisotopic (exact) mass is 409 g/mol. The van der Waals surface area contributed by atoms with Crippen LogP contribution in [0.5, 0.6) is 0 Å². The molecule has 0 fully saturated rings. The molecule has 0 N–H and O–H groups in total. The van der Waals surface area contributed by atoms with E-state index in [4.69, 9.17) is 9.40 Å². The molecule has 3 aromatic heterocycles. The van der Waals surface area contributed by atoms with Crippen LogP contribution in [0.25, 0.3) is 44.0 Å². The molecule has 30 heavy (non-hydrogen) atoms. The highest BCUT2D eigenvalue weighted by Crippen LogP contribution is 2.38. The smallest absolute Gasteiger partial charge is 0.139 e. The van der Waals surface area contributed by atoms with E-state index in [9.17, 15) is 0 Å². The van der Waals surface area contributed by atoms with Crippen LogP contribution in [-0.4, -0.2) is 4.98 Å². The van der Waals surface area contributed by atoms with Gasteiger partial charge in [-0.1, -0.05) is 57.2 Å². The van der Waals surface area contributed by atoms with Crippen molar-refractivity contribution >= 4 is 44.0 Å². The van der Waals surface area contributed by atoms with Gasteiger partial charge in [0, 0.05) is 17.1 Å². The second-order valence-corrected chi connectivity index (χ2v) is 9.35. The fourth-order valence-corrected chi connectivity index (χ4v) is 4.54. The number of aromatic nitrogens is 1. The van der Waals surface area contributed by atoms with Crippen molar-refractivity contribution in [3.8, 4) is 11.3 Å². The Balaban J connectivity index is 1.90. The molecule has 148 valence electrons. The summed E-state index contributed by atoms with van der Waals surface area (Å²) >= 11 is 1.65. The fourth-order valence-electron chi connectivity index (χ4n) is 4.05. The highest BCUT2D eigenvalue weighted by Gasteiger charge is 2.20. The van der Waals surface area contributed by atoms with Crippen molar-refractivity contribution in [2.75, 3.05) is 0 Å². The summed E-state index contributed by atoms with van der Waals surface area (Å²) in [5, 5.41) is 8.81. The Labute approximate surface area is 180 Å². The molecule has 0 aliphatic carbocycles. The van der Waals surface area contributed by atoms with Gasteiger partial charge in [-0.3, -0.25) is 4.98 Å². The number of benzene rings is 2. The molecule has 0 saturated carbocycles. The molecular formula is C27H23NOS. The molecule has 0 amide bonds. The molecule has 5 rings (SSSR count). The maximum Gasteiger partial charge on any atom is 0.139 e.